The molecule has 3 nitrogen and oxygen atoms in total. The third-order valence-electron chi connectivity index (χ3n) is 3.30. The number of fused-ring (bicyclic) bond motifs is 1. The van der Waals surface area contributed by atoms with E-state index in [0.29, 0.717) is 0 Å². The van der Waals surface area contributed by atoms with Crippen molar-refractivity contribution in [1.29, 1.82) is 0 Å². The molecule has 0 unspecified atom stereocenters. The van der Waals surface area contributed by atoms with Crippen molar-refractivity contribution in [3.05, 3.63) is 66.1 Å². The fraction of sp³-hybridized carbons (Fsp3) is 0.133. The molecule has 0 bridgehead atoms. The SMILES string of the molecule is C[C@](O)(c1ccncc1)c1cc2ccccc2[nH]1. The minimum atomic E-state index is -1.04. The van der Waals surface area contributed by atoms with Gasteiger partial charge in [-0.1, -0.05) is 18.2 Å². The largest absolute Gasteiger partial charge is 0.379 e. The molecule has 3 aromatic rings. The zero-order valence-corrected chi connectivity index (χ0v) is 10.1. The molecule has 0 aliphatic heterocycles. The van der Waals surface area contributed by atoms with E-state index in [1.807, 2.05) is 42.5 Å². The molecule has 18 heavy (non-hydrogen) atoms. The van der Waals surface area contributed by atoms with E-state index in [1.165, 1.54) is 0 Å². The summed E-state index contributed by atoms with van der Waals surface area (Å²) in [6.07, 6.45) is 3.37. The highest BCUT2D eigenvalue weighted by Gasteiger charge is 2.27. The molecule has 1 atom stereocenters. The molecule has 3 heteroatoms. The summed E-state index contributed by atoms with van der Waals surface area (Å²) in [6, 6.07) is 13.6. The van der Waals surface area contributed by atoms with E-state index >= 15 is 0 Å². The summed E-state index contributed by atoms with van der Waals surface area (Å²) in [5, 5.41) is 11.8. The molecular weight excluding hydrogens is 224 g/mol. The molecular formula is C15H14N2O. The predicted molar refractivity (Wildman–Crippen MR) is 71.2 cm³/mol. The number of aliphatic hydroxyl groups is 1. The van der Waals surface area contributed by atoms with Crippen molar-refractivity contribution < 1.29 is 5.11 Å². The Labute approximate surface area is 105 Å². The fourth-order valence-electron chi connectivity index (χ4n) is 2.17. The van der Waals surface area contributed by atoms with Crippen molar-refractivity contribution in [3.8, 4) is 0 Å². The zero-order valence-electron chi connectivity index (χ0n) is 10.1. The molecule has 0 fully saturated rings. The maximum absolute atomic E-state index is 10.7. The lowest BCUT2D eigenvalue weighted by molar-refractivity contribution is 0.0981. The van der Waals surface area contributed by atoms with E-state index < -0.39 is 5.60 Å². The van der Waals surface area contributed by atoms with E-state index in [0.717, 1.165) is 22.2 Å². The third kappa shape index (κ3) is 1.69. The van der Waals surface area contributed by atoms with Gasteiger partial charge in [-0.05, 0) is 42.1 Å². The van der Waals surface area contributed by atoms with Gasteiger partial charge in [0.25, 0.3) is 0 Å². The van der Waals surface area contributed by atoms with Crippen LogP contribution in [0.5, 0.6) is 0 Å². The van der Waals surface area contributed by atoms with Crippen molar-refractivity contribution in [2.24, 2.45) is 0 Å². The van der Waals surface area contributed by atoms with Crippen LogP contribution in [-0.2, 0) is 5.60 Å². The molecule has 1 aromatic carbocycles. The lowest BCUT2D eigenvalue weighted by Crippen LogP contribution is -2.23. The molecule has 90 valence electrons. The monoisotopic (exact) mass is 238 g/mol. The number of nitrogens with zero attached hydrogens (tertiary/aromatic N) is 1. The summed E-state index contributed by atoms with van der Waals surface area (Å²) in [4.78, 5) is 7.24. The van der Waals surface area contributed by atoms with Gasteiger partial charge in [0, 0.05) is 17.9 Å². The second-order valence-electron chi connectivity index (χ2n) is 4.58. The molecule has 2 heterocycles. The van der Waals surface area contributed by atoms with Crippen LogP contribution in [0.25, 0.3) is 10.9 Å². The maximum Gasteiger partial charge on any atom is 0.127 e. The maximum atomic E-state index is 10.7. The number of para-hydroxylation sites is 1. The van der Waals surface area contributed by atoms with Crippen molar-refractivity contribution >= 4 is 10.9 Å². The Morgan fingerprint density at radius 3 is 2.56 bits per heavy atom. The molecule has 0 aliphatic carbocycles. The first kappa shape index (κ1) is 11.0. The molecule has 0 saturated heterocycles. The van der Waals surface area contributed by atoms with Crippen molar-refractivity contribution in [1.82, 2.24) is 9.97 Å². The Hall–Kier alpha value is -2.13. The van der Waals surface area contributed by atoms with Crippen LogP contribution in [0.3, 0.4) is 0 Å². The van der Waals surface area contributed by atoms with Gasteiger partial charge in [0.15, 0.2) is 0 Å². The number of nitrogens with one attached hydrogen (secondary N) is 1. The van der Waals surface area contributed by atoms with Crippen LogP contribution in [-0.4, -0.2) is 15.1 Å². The van der Waals surface area contributed by atoms with Crippen LogP contribution >= 0.6 is 0 Å². The average molecular weight is 238 g/mol. The molecule has 3 rings (SSSR count). The molecule has 0 amide bonds. The first-order valence-corrected chi connectivity index (χ1v) is 5.89. The average Bonchev–Trinajstić information content (AvgIpc) is 2.84. The summed E-state index contributed by atoms with van der Waals surface area (Å²) in [5.74, 6) is 0. The highest BCUT2D eigenvalue weighted by atomic mass is 16.3. The van der Waals surface area contributed by atoms with E-state index in [4.69, 9.17) is 0 Å². The molecule has 2 N–H and O–H groups in total. The quantitative estimate of drug-likeness (QED) is 0.721. The topological polar surface area (TPSA) is 48.9 Å². The highest BCUT2D eigenvalue weighted by molar-refractivity contribution is 5.80. The molecule has 0 spiro atoms. The summed E-state index contributed by atoms with van der Waals surface area (Å²) < 4.78 is 0. The molecule has 0 saturated carbocycles. The standard InChI is InChI=1S/C15H14N2O/c1-15(18,12-6-8-16-9-7-12)14-10-11-4-2-3-5-13(11)17-14/h2-10,17-18H,1H3/t15-/m0/s1. The fourth-order valence-corrected chi connectivity index (χ4v) is 2.17. The molecule has 2 aromatic heterocycles. The van der Waals surface area contributed by atoms with Crippen molar-refractivity contribution in [3.63, 3.8) is 0 Å². The third-order valence-corrected chi connectivity index (χ3v) is 3.30. The van der Waals surface area contributed by atoms with Gasteiger partial charge in [0.2, 0.25) is 0 Å². The van der Waals surface area contributed by atoms with E-state index in [9.17, 15) is 5.11 Å². The van der Waals surface area contributed by atoms with E-state index in [1.54, 1.807) is 19.3 Å². The summed E-state index contributed by atoms with van der Waals surface area (Å²) in [5.41, 5.74) is 1.60. The van der Waals surface area contributed by atoms with E-state index in [2.05, 4.69) is 9.97 Å². The van der Waals surface area contributed by atoms with Gasteiger partial charge < -0.3 is 10.1 Å². The van der Waals surface area contributed by atoms with Crippen LogP contribution < -0.4 is 0 Å². The lowest BCUT2D eigenvalue weighted by atomic mass is 9.93. The van der Waals surface area contributed by atoms with Crippen LogP contribution in [0.4, 0.5) is 0 Å². The van der Waals surface area contributed by atoms with Gasteiger partial charge in [-0.15, -0.1) is 0 Å². The van der Waals surface area contributed by atoms with E-state index in [-0.39, 0.29) is 0 Å². The Morgan fingerprint density at radius 2 is 1.83 bits per heavy atom. The van der Waals surface area contributed by atoms with Gasteiger partial charge in [-0.25, -0.2) is 0 Å². The van der Waals surface area contributed by atoms with Crippen LogP contribution in [0.15, 0.2) is 54.9 Å². The molecule has 0 radical (unpaired) electrons. The lowest BCUT2D eigenvalue weighted by Gasteiger charge is -2.22. The Bertz CT molecular complexity index is 638. The van der Waals surface area contributed by atoms with Crippen LogP contribution in [0, 0.1) is 0 Å². The minimum Gasteiger partial charge on any atom is -0.379 e. The van der Waals surface area contributed by atoms with Gasteiger partial charge >= 0.3 is 0 Å². The first-order chi connectivity index (χ1) is 8.68. The minimum absolute atomic E-state index is 0.787. The highest BCUT2D eigenvalue weighted by Crippen LogP contribution is 2.30. The number of aromatic nitrogens is 2. The van der Waals surface area contributed by atoms with Gasteiger partial charge in [-0.2, -0.15) is 0 Å². The normalized spacial score (nSPS) is 14.6. The number of benzene rings is 1. The van der Waals surface area contributed by atoms with Gasteiger partial charge in [0.1, 0.15) is 5.60 Å². The van der Waals surface area contributed by atoms with Gasteiger partial charge in [0.05, 0.1) is 5.69 Å². The van der Waals surface area contributed by atoms with Crippen LogP contribution in [0.2, 0.25) is 0 Å². The number of hydrogen-bond donors (Lipinski definition) is 2. The Morgan fingerprint density at radius 1 is 1.11 bits per heavy atom. The first-order valence-electron chi connectivity index (χ1n) is 5.89. The zero-order chi connectivity index (χ0) is 12.6. The van der Waals surface area contributed by atoms with Crippen LogP contribution in [0.1, 0.15) is 18.2 Å². The smallest absolute Gasteiger partial charge is 0.127 e. The predicted octanol–water partition coefficient (Wildman–Crippen LogP) is 2.82. The Balaban J connectivity index is 2.13. The summed E-state index contributed by atoms with van der Waals surface area (Å²) in [7, 11) is 0. The number of rotatable bonds is 2. The number of aromatic amines is 1. The van der Waals surface area contributed by atoms with Crippen molar-refractivity contribution in [2.45, 2.75) is 12.5 Å². The van der Waals surface area contributed by atoms with Gasteiger partial charge in [-0.3, -0.25) is 4.98 Å². The summed E-state index contributed by atoms with van der Waals surface area (Å²) in [6.45, 7) is 1.78. The second kappa shape index (κ2) is 3.96. The second-order valence-corrected chi connectivity index (χ2v) is 4.58. The number of pyridine rings is 1. The molecule has 0 aliphatic rings. The van der Waals surface area contributed by atoms with Crippen molar-refractivity contribution in [2.75, 3.05) is 0 Å². The Kier molecular flexibility index (Phi) is 2.42. The number of H-pyrrole nitrogens is 1. The number of hydrogen-bond acceptors (Lipinski definition) is 2. The summed E-state index contributed by atoms with van der Waals surface area (Å²) >= 11 is 0.